The molecule has 0 saturated heterocycles. The van der Waals surface area contributed by atoms with Crippen molar-refractivity contribution in [2.75, 3.05) is 0 Å². The van der Waals surface area contributed by atoms with Crippen LogP contribution in [-0.2, 0) is 0 Å². The molecule has 0 aliphatic rings. The minimum absolute atomic E-state index is 0.0636. The fraction of sp³-hybridized carbons (Fsp3) is 0. The van der Waals surface area contributed by atoms with Crippen LogP contribution in [0.4, 0.5) is 5.69 Å². The van der Waals surface area contributed by atoms with Crippen molar-refractivity contribution in [2.45, 2.75) is 9.79 Å². The lowest BCUT2D eigenvalue weighted by atomic mass is 10.2. The fourth-order valence-corrected chi connectivity index (χ4v) is 3.12. The second-order valence-corrected chi connectivity index (χ2v) is 7.04. The van der Waals surface area contributed by atoms with Gasteiger partial charge in [-0.2, -0.15) is 0 Å². The van der Waals surface area contributed by atoms with E-state index in [1.807, 2.05) is 48.5 Å². The Kier molecular flexibility index (Phi) is 5.46. The number of benzene rings is 3. The van der Waals surface area contributed by atoms with E-state index in [1.54, 1.807) is 30.1 Å². The van der Waals surface area contributed by atoms with Gasteiger partial charge in [0.1, 0.15) is 11.4 Å². The Labute approximate surface area is 154 Å². The molecule has 0 heterocycles. The van der Waals surface area contributed by atoms with Crippen LogP contribution in [0, 0.1) is 0 Å². The molecule has 0 unspecified atom stereocenters. The van der Waals surface area contributed by atoms with Crippen LogP contribution in [0.1, 0.15) is 5.56 Å². The maximum Gasteiger partial charge on any atom is 0.142 e. The molecule has 0 atom stereocenters. The van der Waals surface area contributed by atoms with Crippen LogP contribution in [-0.4, -0.2) is 11.3 Å². The van der Waals surface area contributed by atoms with E-state index in [0.29, 0.717) is 10.7 Å². The minimum Gasteiger partial charge on any atom is -0.506 e. The number of hydrogen-bond acceptors (Lipinski definition) is 3. The molecular weight excluding hydrogens is 361 g/mol. The van der Waals surface area contributed by atoms with Crippen molar-refractivity contribution in [1.29, 1.82) is 0 Å². The van der Waals surface area contributed by atoms with E-state index in [4.69, 9.17) is 23.2 Å². The summed E-state index contributed by atoms with van der Waals surface area (Å²) < 4.78 is 0. The summed E-state index contributed by atoms with van der Waals surface area (Å²) in [5.74, 6) is 0.0636. The Morgan fingerprint density at radius 2 is 1.38 bits per heavy atom. The molecule has 0 fully saturated rings. The molecule has 0 saturated carbocycles. The molecule has 3 rings (SSSR count). The molecule has 0 amide bonds. The number of phenols is 1. The molecule has 0 spiro atoms. The lowest BCUT2D eigenvalue weighted by Gasteiger charge is -2.03. The predicted octanol–water partition coefficient (Wildman–Crippen LogP) is 6.60. The lowest BCUT2D eigenvalue weighted by molar-refractivity contribution is 0.477. The third-order valence-electron chi connectivity index (χ3n) is 3.22. The predicted molar refractivity (Wildman–Crippen MR) is 102 cm³/mol. The van der Waals surface area contributed by atoms with Gasteiger partial charge in [0.2, 0.25) is 0 Å². The number of aromatic hydroxyl groups is 1. The second-order valence-electron chi connectivity index (χ2n) is 5.02. The van der Waals surface area contributed by atoms with Crippen molar-refractivity contribution < 1.29 is 5.11 Å². The molecule has 1 N–H and O–H groups in total. The van der Waals surface area contributed by atoms with Crippen molar-refractivity contribution >= 4 is 46.9 Å². The van der Waals surface area contributed by atoms with Crippen molar-refractivity contribution in [3.8, 4) is 5.75 Å². The van der Waals surface area contributed by atoms with E-state index >= 15 is 0 Å². The highest BCUT2D eigenvalue weighted by molar-refractivity contribution is 7.99. The molecular formula is C19H13Cl2NOS. The van der Waals surface area contributed by atoms with Crippen LogP contribution in [0.15, 0.2) is 81.5 Å². The van der Waals surface area contributed by atoms with Crippen LogP contribution in [0.3, 0.4) is 0 Å². The molecule has 0 radical (unpaired) electrons. The maximum absolute atomic E-state index is 9.79. The first-order chi connectivity index (χ1) is 11.6. The number of nitrogens with zero attached hydrogens (tertiary/aromatic N) is 1. The molecule has 0 aliphatic carbocycles. The van der Waals surface area contributed by atoms with Gasteiger partial charge in [0, 0.05) is 32.1 Å². The highest BCUT2D eigenvalue weighted by Gasteiger charge is 2.00. The van der Waals surface area contributed by atoms with Gasteiger partial charge in [-0.25, -0.2) is 0 Å². The Morgan fingerprint density at radius 1 is 0.792 bits per heavy atom. The highest BCUT2D eigenvalue weighted by Crippen LogP contribution is 2.30. The zero-order valence-electron chi connectivity index (χ0n) is 12.5. The Balaban J connectivity index is 1.70. The van der Waals surface area contributed by atoms with Gasteiger partial charge in [-0.3, -0.25) is 4.99 Å². The summed E-state index contributed by atoms with van der Waals surface area (Å²) in [7, 11) is 0. The van der Waals surface area contributed by atoms with Gasteiger partial charge in [0.25, 0.3) is 0 Å². The molecule has 0 bridgehead atoms. The summed E-state index contributed by atoms with van der Waals surface area (Å²) in [6, 6.07) is 20.6. The summed E-state index contributed by atoms with van der Waals surface area (Å²) in [6.07, 6.45) is 1.71. The molecule has 0 aliphatic heterocycles. The standard InChI is InChI=1S/C19H13Cl2NOS/c20-14-3-8-17(9-4-14)24-16-6-1-13(2-7-16)12-22-18-10-5-15(21)11-19(18)23/h1-12,23H. The zero-order chi connectivity index (χ0) is 16.9. The first kappa shape index (κ1) is 16.9. The number of hydrogen-bond donors (Lipinski definition) is 1. The third kappa shape index (κ3) is 4.54. The van der Waals surface area contributed by atoms with E-state index in [-0.39, 0.29) is 5.75 Å². The largest absolute Gasteiger partial charge is 0.506 e. The second kappa shape index (κ2) is 7.75. The number of halogens is 2. The van der Waals surface area contributed by atoms with E-state index in [9.17, 15) is 5.11 Å². The Morgan fingerprint density at radius 3 is 2.00 bits per heavy atom. The van der Waals surface area contributed by atoms with Gasteiger partial charge in [0.05, 0.1) is 0 Å². The van der Waals surface area contributed by atoms with Gasteiger partial charge >= 0.3 is 0 Å². The Bertz CT molecular complexity index is 862. The monoisotopic (exact) mass is 373 g/mol. The normalized spacial score (nSPS) is 11.1. The first-order valence-corrected chi connectivity index (χ1v) is 8.73. The highest BCUT2D eigenvalue weighted by atomic mass is 35.5. The molecule has 120 valence electrons. The number of rotatable bonds is 4. The van der Waals surface area contributed by atoms with Gasteiger partial charge < -0.3 is 5.11 Å². The smallest absolute Gasteiger partial charge is 0.142 e. The first-order valence-electron chi connectivity index (χ1n) is 7.16. The SMILES string of the molecule is Oc1cc(Cl)ccc1N=Cc1ccc(Sc2ccc(Cl)cc2)cc1. The minimum atomic E-state index is 0.0636. The lowest BCUT2D eigenvalue weighted by Crippen LogP contribution is -1.81. The zero-order valence-corrected chi connectivity index (χ0v) is 14.8. The van der Waals surface area contributed by atoms with Crippen LogP contribution in [0.5, 0.6) is 5.75 Å². The topological polar surface area (TPSA) is 32.6 Å². The quantitative estimate of drug-likeness (QED) is 0.522. The molecule has 5 heteroatoms. The van der Waals surface area contributed by atoms with Crippen LogP contribution < -0.4 is 0 Å². The average molecular weight is 374 g/mol. The average Bonchev–Trinajstić information content (AvgIpc) is 2.57. The van der Waals surface area contributed by atoms with E-state index in [0.717, 1.165) is 20.4 Å². The van der Waals surface area contributed by atoms with Gasteiger partial charge in [-0.05, 0) is 54.1 Å². The summed E-state index contributed by atoms with van der Waals surface area (Å²) in [6.45, 7) is 0. The molecule has 24 heavy (non-hydrogen) atoms. The van der Waals surface area contributed by atoms with Crippen molar-refractivity contribution in [3.05, 3.63) is 82.3 Å². The Hall–Kier alpha value is -1.94. The van der Waals surface area contributed by atoms with E-state index in [2.05, 4.69) is 4.99 Å². The van der Waals surface area contributed by atoms with Crippen LogP contribution >= 0.6 is 35.0 Å². The molecule has 0 aromatic heterocycles. The van der Waals surface area contributed by atoms with Crippen LogP contribution in [0.2, 0.25) is 10.0 Å². The van der Waals surface area contributed by atoms with Crippen molar-refractivity contribution in [1.82, 2.24) is 0 Å². The molecule has 2 nitrogen and oxygen atoms in total. The van der Waals surface area contributed by atoms with E-state index in [1.165, 1.54) is 6.07 Å². The molecule has 3 aromatic rings. The van der Waals surface area contributed by atoms with E-state index < -0.39 is 0 Å². The summed E-state index contributed by atoms with van der Waals surface area (Å²) in [5.41, 5.74) is 1.43. The maximum atomic E-state index is 9.79. The number of phenolic OH excluding ortho intramolecular Hbond substituents is 1. The fourth-order valence-electron chi connectivity index (χ4n) is 2.01. The van der Waals surface area contributed by atoms with Gasteiger partial charge in [-0.1, -0.05) is 47.1 Å². The van der Waals surface area contributed by atoms with Gasteiger partial charge in [0.15, 0.2) is 0 Å². The van der Waals surface area contributed by atoms with Gasteiger partial charge in [-0.15, -0.1) is 0 Å². The molecule has 3 aromatic carbocycles. The summed E-state index contributed by atoms with van der Waals surface area (Å²) in [5, 5.41) is 11.0. The number of aliphatic imine (C=N–C) groups is 1. The van der Waals surface area contributed by atoms with Crippen molar-refractivity contribution in [3.63, 3.8) is 0 Å². The summed E-state index contributed by atoms with van der Waals surface area (Å²) in [4.78, 5) is 6.55. The van der Waals surface area contributed by atoms with Crippen molar-refractivity contribution in [2.24, 2.45) is 4.99 Å². The third-order valence-corrected chi connectivity index (χ3v) is 4.72. The summed E-state index contributed by atoms with van der Waals surface area (Å²) >= 11 is 13.4. The van der Waals surface area contributed by atoms with Crippen LogP contribution in [0.25, 0.3) is 0 Å².